The third-order valence-electron chi connectivity index (χ3n) is 5.18. The van der Waals surface area contributed by atoms with Crippen molar-refractivity contribution in [2.45, 2.75) is 57.0 Å². The number of nitrogens with one attached hydrogen (secondary N) is 1. The topological polar surface area (TPSA) is 46.2 Å². The minimum Gasteiger partial charge on any atom is -0.310 e. The molecule has 0 unspecified atom stereocenters. The van der Waals surface area contributed by atoms with Gasteiger partial charge < -0.3 is 5.32 Å². The molecule has 0 aromatic heterocycles. The van der Waals surface area contributed by atoms with E-state index in [0.29, 0.717) is 23.5 Å². The molecule has 1 aliphatic heterocycles. The van der Waals surface area contributed by atoms with Gasteiger partial charge in [-0.2, -0.15) is 0 Å². The molecule has 1 N–H and O–H groups in total. The SMILES string of the molecule is O=S1(=O)CCC[C@H](N[C@H](Cc2ccccc2)C2CCCC2)C1. The zero-order chi connectivity index (χ0) is 15.4. The molecule has 122 valence electrons. The number of rotatable bonds is 5. The van der Waals surface area contributed by atoms with Gasteiger partial charge in [-0.15, -0.1) is 0 Å². The molecule has 1 saturated carbocycles. The van der Waals surface area contributed by atoms with Crippen LogP contribution in [0.1, 0.15) is 44.1 Å². The number of hydrogen-bond donors (Lipinski definition) is 1. The van der Waals surface area contributed by atoms with Crippen LogP contribution in [-0.2, 0) is 16.3 Å². The smallest absolute Gasteiger partial charge is 0.151 e. The molecule has 4 heteroatoms. The van der Waals surface area contributed by atoms with Gasteiger partial charge in [0, 0.05) is 12.1 Å². The van der Waals surface area contributed by atoms with Crippen molar-refractivity contribution in [1.29, 1.82) is 0 Å². The van der Waals surface area contributed by atoms with Gasteiger partial charge in [0.2, 0.25) is 0 Å². The molecule has 1 aromatic carbocycles. The largest absolute Gasteiger partial charge is 0.310 e. The second-order valence-electron chi connectivity index (χ2n) is 6.96. The minimum atomic E-state index is -2.84. The Labute approximate surface area is 134 Å². The van der Waals surface area contributed by atoms with Crippen molar-refractivity contribution in [3.8, 4) is 0 Å². The molecule has 3 rings (SSSR count). The second kappa shape index (κ2) is 7.14. The van der Waals surface area contributed by atoms with Gasteiger partial charge in [0.05, 0.1) is 11.5 Å². The zero-order valence-electron chi connectivity index (χ0n) is 13.2. The van der Waals surface area contributed by atoms with E-state index in [9.17, 15) is 8.42 Å². The van der Waals surface area contributed by atoms with E-state index < -0.39 is 9.84 Å². The minimum absolute atomic E-state index is 0.146. The highest BCUT2D eigenvalue weighted by atomic mass is 32.2. The summed E-state index contributed by atoms with van der Waals surface area (Å²) in [7, 11) is -2.84. The lowest BCUT2D eigenvalue weighted by Gasteiger charge is -2.32. The first kappa shape index (κ1) is 16.0. The quantitative estimate of drug-likeness (QED) is 0.907. The van der Waals surface area contributed by atoms with Crippen molar-refractivity contribution in [2.24, 2.45) is 5.92 Å². The summed E-state index contributed by atoms with van der Waals surface area (Å²) in [5.74, 6) is 1.40. The third-order valence-corrected chi connectivity index (χ3v) is 7.00. The second-order valence-corrected chi connectivity index (χ2v) is 9.19. The lowest BCUT2D eigenvalue weighted by atomic mass is 9.91. The molecule has 1 heterocycles. The molecule has 2 aliphatic rings. The fraction of sp³-hybridized carbons (Fsp3) is 0.667. The maximum Gasteiger partial charge on any atom is 0.151 e. The molecular weight excluding hydrogens is 294 g/mol. The summed E-state index contributed by atoms with van der Waals surface area (Å²) in [5, 5.41) is 3.72. The van der Waals surface area contributed by atoms with Crippen LogP contribution in [0.5, 0.6) is 0 Å². The van der Waals surface area contributed by atoms with E-state index in [1.165, 1.54) is 31.2 Å². The molecular formula is C18H27NO2S. The van der Waals surface area contributed by atoms with E-state index in [1.54, 1.807) is 0 Å². The van der Waals surface area contributed by atoms with Crippen molar-refractivity contribution in [3.63, 3.8) is 0 Å². The molecule has 3 nitrogen and oxygen atoms in total. The van der Waals surface area contributed by atoms with Gasteiger partial charge in [0.15, 0.2) is 9.84 Å². The van der Waals surface area contributed by atoms with Crippen LogP contribution in [0, 0.1) is 5.92 Å². The van der Waals surface area contributed by atoms with Crippen LogP contribution in [0.3, 0.4) is 0 Å². The summed E-state index contributed by atoms with van der Waals surface area (Å²) >= 11 is 0. The first-order valence-electron chi connectivity index (χ1n) is 8.63. The van der Waals surface area contributed by atoms with Crippen LogP contribution >= 0.6 is 0 Å². The predicted molar refractivity (Wildman–Crippen MR) is 90.7 cm³/mol. The van der Waals surface area contributed by atoms with E-state index in [-0.39, 0.29) is 6.04 Å². The van der Waals surface area contributed by atoms with Gasteiger partial charge in [0.1, 0.15) is 0 Å². The highest BCUT2D eigenvalue weighted by molar-refractivity contribution is 7.91. The van der Waals surface area contributed by atoms with Crippen LogP contribution in [0.25, 0.3) is 0 Å². The van der Waals surface area contributed by atoms with Gasteiger partial charge in [-0.3, -0.25) is 0 Å². The Kier molecular flexibility index (Phi) is 5.19. The highest BCUT2D eigenvalue weighted by Gasteiger charge is 2.30. The molecule has 0 spiro atoms. The molecule has 0 amide bonds. The Hall–Kier alpha value is -0.870. The van der Waals surface area contributed by atoms with E-state index in [4.69, 9.17) is 0 Å². The summed E-state index contributed by atoms with van der Waals surface area (Å²) < 4.78 is 23.8. The number of benzene rings is 1. The first-order chi connectivity index (χ1) is 10.6. The average Bonchev–Trinajstić information content (AvgIpc) is 3.01. The first-order valence-corrected chi connectivity index (χ1v) is 10.4. The van der Waals surface area contributed by atoms with Gasteiger partial charge in [-0.1, -0.05) is 43.2 Å². The molecule has 2 fully saturated rings. The van der Waals surface area contributed by atoms with Crippen LogP contribution in [0.4, 0.5) is 0 Å². The lowest BCUT2D eigenvalue weighted by Crippen LogP contribution is -2.48. The van der Waals surface area contributed by atoms with Crippen LogP contribution in [0.2, 0.25) is 0 Å². The molecule has 2 atom stereocenters. The van der Waals surface area contributed by atoms with Crippen LogP contribution in [0.15, 0.2) is 30.3 Å². The van der Waals surface area contributed by atoms with Crippen molar-refractivity contribution in [3.05, 3.63) is 35.9 Å². The Bertz CT molecular complexity index is 564. The average molecular weight is 321 g/mol. The molecule has 1 saturated heterocycles. The predicted octanol–water partition coefficient (Wildman–Crippen LogP) is 2.95. The highest BCUT2D eigenvalue weighted by Crippen LogP contribution is 2.30. The standard InChI is InChI=1S/C18H27NO2S/c20-22(21)12-6-11-17(14-22)19-18(16-9-4-5-10-16)13-15-7-2-1-3-8-15/h1-3,7-8,16-19H,4-6,9-14H2/t17-,18+/m0/s1. The van der Waals surface area contributed by atoms with Crippen molar-refractivity contribution >= 4 is 9.84 Å². The molecule has 0 radical (unpaired) electrons. The van der Waals surface area contributed by atoms with E-state index in [1.807, 2.05) is 0 Å². The fourth-order valence-corrected chi connectivity index (χ4v) is 5.70. The van der Waals surface area contributed by atoms with E-state index >= 15 is 0 Å². The van der Waals surface area contributed by atoms with Gasteiger partial charge in [0.25, 0.3) is 0 Å². The summed E-state index contributed by atoms with van der Waals surface area (Å²) in [4.78, 5) is 0. The van der Waals surface area contributed by atoms with Gasteiger partial charge in [-0.25, -0.2) is 8.42 Å². The third kappa shape index (κ3) is 4.32. The Balaban J connectivity index is 1.68. The summed E-state index contributed by atoms with van der Waals surface area (Å²) in [6.07, 6.45) is 8.02. The Morgan fingerprint density at radius 1 is 1.05 bits per heavy atom. The van der Waals surface area contributed by atoms with E-state index in [2.05, 4.69) is 35.6 Å². The maximum atomic E-state index is 11.9. The zero-order valence-corrected chi connectivity index (χ0v) is 14.0. The van der Waals surface area contributed by atoms with Gasteiger partial charge >= 0.3 is 0 Å². The normalized spacial score (nSPS) is 26.8. The van der Waals surface area contributed by atoms with Crippen molar-refractivity contribution in [1.82, 2.24) is 5.32 Å². The fourth-order valence-electron chi connectivity index (χ4n) is 4.05. The Morgan fingerprint density at radius 2 is 1.77 bits per heavy atom. The van der Waals surface area contributed by atoms with Crippen LogP contribution in [-0.4, -0.2) is 32.0 Å². The maximum absolute atomic E-state index is 11.9. The Morgan fingerprint density at radius 3 is 2.45 bits per heavy atom. The molecule has 0 bridgehead atoms. The molecule has 22 heavy (non-hydrogen) atoms. The number of sulfone groups is 1. The molecule has 1 aliphatic carbocycles. The van der Waals surface area contributed by atoms with Gasteiger partial charge in [-0.05, 0) is 43.6 Å². The number of hydrogen-bond acceptors (Lipinski definition) is 3. The summed E-state index contributed by atoms with van der Waals surface area (Å²) in [5.41, 5.74) is 1.35. The molecule has 1 aromatic rings. The van der Waals surface area contributed by atoms with E-state index in [0.717, 1.165) is 19.3 Å². The monoisotopic (exact) mass is 321 g/mol. The van der Waals surface area contributed by atoms with Crippen molar-refractivity contribution < 1.29 is 8.42 Å². The summed E-state index contributed by atoms with van der Waals surface area (Å²) in [6, 6.07) is 11.2. The van der Waals surface area contributed by atoms with Crippen molar-refractivity contribution in [2.75, 3.05) is 11.5 Å². The van der Waals surface area contributed by atoms with Crippen LogP contribution < -0.4 is 5.32 Å². The summed E-state index contributed by atoms with van der Waals surface area (Å²) in [6.45, 7) is 0. The lowest BCUT2D eigenvalue weighted by molar-refractivity contribution is 0.316.